The summed E-state index contributed by atoms with van der Waals surface area (Å²) in [7, 11) is 0. The summed E-state index contributed by atoms with van der Waals surface area (Å²) in [5.41, 5.74) is 2.27. The van der Waals surface area contributed by atoms with Gasteiger partial charge in [0.25, 0.3) is 5.91 Å². The van der Waals surface area contributed by atoms with Crippen LogP contribution in [0.25, 0.3) is 11.8 Å². The topological polar surface area (TPSA) is 95.1 Å². The molecule has 0 saturated heterocycles. The van der Waals surface area contributed by atoms with Crippen LogP contribution in [-0.4, -0.2) is 21.6 Å². The highest BCUT2D eigenvalue weighted by atomic mass is 16.4. The van der Waals surface area contributed by atoms with Crippen molar-refractivity contribution in [3.63, 3.8) is 0 Å². The van der Waals surface area contributed by atoms with Gasteiger partial charge in [-0.05, 0) is 42.0 Å². The van der Waals surface area contributed by atoms with Crippen molar-refractivity contribution in [2.24, 2.45) is 0 Å². The molecule has 1 amide bonds. The minimum atomic E-state index is -1.02. The molecule has 2 N–H and O–H groups in total. The Morgan fingerprint density at radius 1 is 1.07 bits per heavy atom. The molecule has 0 bridgehead atoms. The van der Waals surface area contributed by atoms with Crippen molar-refractivity contribution < 1.29 is 14.7 Å². The lowest BCUT2D eigenvalue weighted by Gasteiger charge is -2.08. The largest absolute Gasteiger partial charge is 0.478 e. The van der Waals surface area contributed by atoms with Gasteiger partial charge in [-0.15, -0.1) is 0 Å². The molecule has 1 aromatic heterocycles. The van der Waals surface area contributed by atoms with E-state index in [4.69, 9.17) is 5.11 Å². The molecule has 0 spiro atoms. The average molecular weight is 371 g/mol. The number of aromatic carboxylic acids is 1. The molecule has 0 atom stereocenters. The van der Waals surface area contributed by atoms with E-state index in [1.54, 1.807) is 35.0 Å². The Morgan fingerprint density at radius 3 is 2.57 bits per heavy atom. The number of carbonyl (C=O) groups is 2. The van der Waals surface area contributed by atoms with Crippen LogP contribution in [0.2, 0.25) is 0 Å². The lowest BCUT2D eigenvalue weighted by molar-refractivity contribution is -0.117. The highest BCUT2D eigenvalue weighted by Gasteiger charge is 2.11. The Labute approximate surface area is 162 Å². The van der Waals surface area contributed by atoms with Crippen molar-refractivity contribution in [2.75, 3.05) is 0 Å². The first-order chi connectivity index (χ1) is 13.6. The van der Waals surface area contributed by atoms with E-state index in [1.165, 1.54) is 18.2 Å². The predicted molar refractivity (Wildman–Crippen MR) is 105 cm³/mol. The Bertz CT molecular complexity index is 1080. The van der Waals surface area contributed by atoms with Gasteiger partial charge in [0.2, 0.25) is 0 Å². The molecular weight excluding hydrogens is 354 g/mol. The molecule has 3 rings (SSSR count). The maximum Gasteiger partial charge on any atom is 0.335 e. The molecule has 2 aromatic carbocycles. The van der Waals surface area contributed by atoms with E-state index in [0.717, 1.165) is 5.56 Å². The highest BCUT2D eigenvalue weighted by molar-refractivity contribution is 6.01. The number of nitrogens with one attached hydrogen (secondary N) is 1. The van der Waals surface area contributed by atoms with Gasteiger partial charge >= 0.3 is 5.97 Å². The van der Waals surface area contributed by atoms with Gasteiger partial charge in [0, 0.05) is 24.1 Å². The van der Waals surface area contributed by atoms with Crippen LogP contribution in [0.5, 0.6) is 0 Å². The summed E-state index contributed by atoms with van der Waals surface area (Å²) in [5.74, 6) is -1.50. The number of carboxylic acid groups (broad SMARTS) is 1. The fourth-order valence-corrected chi connectivity index (χ4v) is 2.71. The maximum atomic E-state index is 12.4. The normalized spacial score (nSPS) is 10.9. The molecule has 0 saturated carbocycles. The monoisotopic (exact) mass is 371 g/mol. The third kappa shape index (κ3) is 4.34. The lowest BCUT2D eigenvalue weighted by atomic mass is 10.1. The number of carbonyl (C=O) groups excluding carboxylic acids is 1. The molecule has 6 heteroatoms. The molecule has 28 heavy (non-hydrogen) atoms. The second kappa shape index (κ2) is 8.52. The van der Waals surface area contributed by atoms with Crippen molar-refractivity contribution >= 4 is 18.0 Å². The number of rotatable bonds is 6. The van der Waals surface area contributed by atoms with E-state index < -0.39 is 11.9 Å². The van der Waals surface area contributed by atoms with Crippen LogP contribution >= 0.6 is 0 Å². The summed E-state index contributed by atoms with van der Waals surface area (Å²) in [6.45, 7) is 0.320. The fourth-order valence-electron chi connectivity index (χ4n) is 2.71. The standard InChI is InChI=1S/C22H17N3O3/c23-14-18(21(26)24-15-16-6-2-1-3-7-16)13-20-10-5-11-25(20)19-9-4-8-17(12-19)22(27)28/h1-13H,15H2,(H,24,26)(H,27,28). The summed E-state index contributed by atoms with van der Waals surface area (Å²) in [4.78, 5) is 23.6. The first kappa shape index (κ1) is 18.7. The number of nitrogens with zero attached hydrogens (tertiary/aromatic N) is 2. The molecule has 0 fully saturated rings. The number of benzene rings is 2. The van der Waals surface area contributed by atoms with E-state index in [-0.39, 0.29) is 11.1 Å². The van der Waals surface area contributed by atoms with Crippen LogP contribution in [-0.2, 0) is 11.3 Å². The van der Waals surface area contributed by atoms with Gasteiger partial charge in [-0.25, -0.2) is 4.79 Å². The molecular formula is C22H17N3O3. The van der Waals surface area contributed by atoms with Gasteiger partial charge in [-0.2, -0.15) is 5.26 Å². The molecule has 6 nitrogen and oxygen atoms in total. The first-order valence-corrected chi connectivity index (χ1v) is 8.53. The average Bonchev–Trinajstić information content (AvgIpc) is 3.19. The second-order valence-corrected chi connectivity index (χ2v) is 6.00. The SMILES string of the molecule is N#CC(=Cc1cccn1-c1cccc(C(=O)O)c1)C(=O)NCc1ccccc1. The predicted octanol–water partition coefficient (Wildman–Crippen LogP) is 3.40. The number of amides is 1. The van der Waals surface area contributed by atoms with Crippen LogP contribution in [0.1, 0.15) is 21.6 Å². The Morgan fingerprint density at radius 2 is 1.86 bits per heavy atom. The summed E-state index contributed by atoms with van der Waals surface area (Å²) < 4.78 is 1.72. The molecule has 3 aromatic rings. The molecule has 0 aliphatic carbocycles. The number of carboxylic acids is 1. The summed E-state index contributed by atoms with van der Waals surface area (Å²) in [6.07, 6.45) is 3.22. The molecule has 0 aliphatic rings. The molecule has 0 radical (unpaired) electrons. The Balaban J connectivity index is 1.83. The lowest BCUT2D eigenvalue weighted by Crippen LogP contribution is -2.24. The van der Waals surface area contributed by atoms with Gasteiger partial charge in [0.15, 0.2) is 0 Å². The van der Waals surface area contributed by atoms with Gasteiger partial charge in [-0.3, -0.25) is 4.79 Å². The van der Waals surface area contributed by atoms with Gasteiger partial charge < -0.3 is 15.0 Å². The quantitative estimate of drug-likeness (QED) is 0.513. The highest BCUT2D eigenvalue weighted by Crippen LogP contribution is 2.17. The maximum absolute atomic E-state index is 12.4. The van der Waals surface area contributed by atoms with Crippen LogP contribution in [0.4, 0.5) is 0 Å². The minimum Gasteiger partial charge on any atom is -0.478 e. The fraction of sp³-hybridized carbons (Fsp3) is 0.0455. The first-order valence-electron chi connectivity index (χ1n) is 8.53. The summed E-state index contributed by atoms with van der Waals surface area (Å²) >= 11 is 0. The van der Waals surface area contributed by atoms with Crippen molar-refractivity contribution in [3.05, 3.63) is 95.3 Å². The van der Waals surface area contributed by atoms with Crippen LogP contribution in [0.15, 0.2) is 78.5 Å². The number of hydrogen-bond acceptors (Lipinski definition) is 3. The van der Waals surface area contributed by atoms with Crippen molar-refractivity contribution in [3.8, 4) is 11.8 Å². The second-order valence-electron chi connectivity index (χ2n) is 6.00. The zero-order valence-corrected chi connectivity index (χ0v) is 14.9. The van der Waals surface area contributed by atoms with Crippen LogP contribution in [0, 0.1) is 11.3 Å². The van der Waals surface area contributed by atoms with E-state index in [1.807, 2.05) is 36.4 Å². The Kier molecular flexibility index (Phi) is 5.68. The molecule has 138 valence electrons. The van der Waals surface area contributed by atoms with E-state index in [9.17, 15) is 14.9 Å². The van der Waals surface area contributed by atoms with Crippen LogP contribution in [0.3, 0.4) is 0 Å². The van der Waals surface area contributed by atoms with Crippen molar-refractivity contribution in [1.82, 2.24) is 9.88 Å². The third-order valence-corrected chi connectivity index (χ3v) is 4.10. The zero-order chi connectivity index (χ0) is 19.9. The van der Waals surface area contributed by atoms with E-state index in [0.29, 0.717) is 17.9 Å². The Hall–Kier alpha value is -4.11. The van der Waals surface area contributed by atoms with Crippen molar-refractivity contribution in [1.29, 1.82) is 5.26 Å². The van der Waals surface area contributed by atoms with E-state index >= 15 is 0 Å². The summed E-state index contributed by atoms with van der Waals surface area (Å²) in [5, 5.41) is 21.3. The summed E-state index contributed by atoms with van der Waals surface area (Å²) in [6, 6.07) is 21.3. The molecule has 0 unspecified atom stereocenters. The van der Waals surface area contributed by atoms with Gasteiger partial charge in [0.05, 0.1) is 5.56 Å². The molecule has 1 heterocycles. The number of nitriles is 1. The number of aromatic nitrogens is 1. The zero-order valence-electron chi connectivity index (χ0n) is 14.9. The van der Waals surface area contributed by atoms with Gasteiger partial charge in [0.1, 0.15) is 11.6 Å². The molecule has 0 aliphatic heterocycles. The number of hydrogen-bond donors (Lipinski definition) is 2. The van der Waals surface area contributed by atoms with Crippen molar-refractivity contribution in [2.45, 2.75) is 6.54 Å². The minimum absolute atomic E-state index is 0.0368. The van der Waals surface area contributed by atoms with Gasteiger partial charge in [-0.1, -0.05) is 36.4 Å². The van der Waals surface area contributed by atoms with E-state index in [2.05, 4.69) is 5.32 Å². The third-order valence-electron chi connectivity index (χ3n) is 4.10. The smallest absolute Gasteiger partial charge is 0.335 e. The van der Waals surface area contributed by atoms with Crippen LogP contribution < -0.4 is 5.32 Å².